The van der Waals surface area contributed by atoms with Crippen LogP contribution in [0.25, 0.3) is 0 Å². The Hall–Kier alpha value is -1.26. The van der Waals surface area contributed by atoms with Gasteiger partial charge in [0.15, 0.2) is 5.96 Å². The average molecular weight is 271 g/mol. The minimum Gasteiger partial charge on any atom is -0.469 e. The number of esters is 1. The molecule has 0 radical (unpaired) electrons. The fourth-order valence-electron chi connectivity index (χ4n) is 1.59. The average Bonchev–Trinajstić information content (AvgIpc) is 2.34. The van der Waals surface area contributed by atoms with Crippen LogP contribution in [0.2, 0.25) is 0 Å². The van der Waals surface area contributed by atoms with Crippen LogP contribution in [0, 0.1) is 0 Å². The van der Waals surface area contributed by atoms with Gasteiger partial charge in [-0.25, -0.2) is 0 Å². The van der Waals surface area contributed by atoms with Crippen LogP contribution < -0.4 is 10.6 Å². The number of aliphatic imine (C=N–C) groups is 1. The number of unbranched alkanes of at least 4 members (excludes halogenated alkanes) is 3. The van der Waals surface area contributed by atoms with Crippen molar-refractivity contribution in [3.8, 4) is 0 Å². The smallest absolute Gasteiger partial charge is 0.305 e. The lowest BCUT2D eigenvalue weighted by molar-refractivity contribution is -0.140. The number of guanidine groups is 1. The number of hydrogen-bond acceptors (Lipinski definition) is 3. The monoisotopic (exact) mass is 271 g/mol. The fraction of sp³-hybridized carbons (Fsp3) is 0.857. The summed E-state index contributed by atoms with van der Waals surface area (Å²) in [6, 6.07) is 0. The molecule has 5 nitrogen and oxygen atoms in total. The third kappa shape index (κ3) is 11.6. The zero-order valence-electron chi connectivity index (χ0n) is 13.0. The molecular formula is C14H29N3O2. The molecule has 0 spiro atoms. The number of nitrogens with zero attached hydrogens (tertiary/aromatic N) is 1. The Labute approximate surface area is 117 Å². The van der Waals surface area contributed by atoms with Crippen LogP contribution in [-0.2, 0) is 9.53 Å². The molecule has 0 aromatic carbocycles. The summed E-state index contributed by atoms with van der Waals surface area (Å²) in [5, 5.41) is 6.59. The van der Waals surface area contributed by atoms with E-state index < -0.39 is 0 Å². The Balaban J connectivity index is 3.55. The first kappa shape index (κ1) is 17.7. The number of carbonyl (C=O) groups is 1. The minimum absolute atomic E-state index is 0.0162. The number of carbonyl (C=O) groups excluding carboxylic acids is 1. The topological polar surface area (TPSA) is 62.7 Å². The fourth-order valence-corrected chi connectivity index (χ4v) is 1.59. The van der Waals surface area contributed by atoms with E-state index >= 15 is 0 Å². The van der Waals surface area contributed by atoms with E-state index in [1.807, 2.05) is 0 Å². The third-order valence-corrected chi connectivity index (χ3v) is 2.54. The summed E-state index contributed by atoms with van der Waals surface area (Å²) in [6.07, 6.45) is 4.67. The molecule has 19 heavy (non-hydrogen) atoms. The van der Waals surface area contributed by atoms with Crippen molar-refractivity contribution in [1.29, 1.82) is 0 Å². The Morgan fingerprint density at radius 2 is 1.79 bits per heavy atom. The van der Waals surface area contributed by atoms with Gasteiger partial charge in [-0.15, -0.1) is 0 Å². The van der Waals surface area contributed by atoms with Gasteiger partial charge in [0.2, 0.25) is 0 Å². The van der Waals surface area contributed by atoms with Crippen molar-refractivity contribution in [2.45, 2.75) is 58.4 Å². The molecule has 2 N–H and O–H groups in total. The first-order chi connectivity index (χ1) is 8.89. The van der Waals surface area contributed by atoms with E-state index in [1.54, 1.807) is 7.05 Å². The van der Waals surface area contributed by atoms with Crippen molar-refractivity contribution in [2.24, 2.45) is 4.99 Å². The van der Waals surface area contributed by atoms with Gasteiger partial charge >= 0.3 is 5.97 Å². The van der Waals surface area contributed by atoms with Crippen molar-refractivity contribution in [3.05, 3.63) is 0 Å². The Bertz CT molecular complexity index is 283. The molecule has 0 atom stereocenters. The summed E-state index contributed by atoms with van der Waals surface area (Å²) < 4.78 is 4.60. The van der Waals surface area contributed by atoms with Gasteiger partial charge in [0.25, 0.3) is 0 Å². The van der Waals surface area contributed by atoms with Crippen LogP contribution >= 0.6 is 0 Å². The van der Waals surface area contributed by atoms with Crippen molar-refractivity contribution < 1.29 is 9.53 Å². The molecule has 5 heteroatoms. The standard InChI is InChI=1S/C14H29N3O2/c1-14(2,3)17-13(15-4)16-11-9-7-6-8-10-12(18)19-5/h6-11H2,1-5H3,(H2,15,16,17). The predicted molar refractivity (Wildman–Crippen MR) is 79.4 cm³/mol. The summed E-state index contributed by atoms with van der Waals surface area (Å²) in [7, 11) is 3.21. The van der Waals surface area contributed by atoms with Gasteiger partial charge in [0.05, 0.1) is 7.11 Å². The third-order valence-electron chi connectivity index (χ3n) is 2.54. The predicted octanol–water partition coefficient (Wildman–Crippen LogP) is 2.07. The Morgan fingerprint density at radius 1 is 1.16 bits per heavy atom. The molecule has 0 fully saturated rings. The maximum absolute atomic E-state index is 10.9. The molecule has 0 aromatic heterocycles. The molecule has 0 aliphatic heterocycles. The molecule has 0 amide bonds. The SMILES string of the molecule is CN=C(NCCCCCCC(=O)OC)NC(C)(C)C. The highest BCUT2D eigenvalue weighted by atomic mass is 16.5. The van der Waals surface area contributed by atoms with Crippen molar-refractivity contribution in [1.82, 2.24) is 10.6 Å². The lowest BCUT2D eigenvalue weighted by Crippen LogP contribution is -2.47. The molecule has 0 saturated heterocycles. The Kier molecular flexibility index (Phi) is 9.00. The molecule has 0 saturated carbocycles. The van der Waals surface area contributed by atoms with Crippen molar-refractivity contribution in [2.75, 3.05) is 20.7 Å². The van der Waals surface area contributed by atoms with Gasteiger partial charge in [0, 0.05) is 25.6 Å². The van der Waals surface area contributed by atoms with Crippen LogP contribution in [0.5, 0.6) is 0 Å². The van der Waals surface area contributed by atoms with E-state index in [-0.39, 0.29) is 11.5 Å². The zero-order valence-corrected chi connectivity index (χ0v) is 13.0. The first-order valence-electron chi connectivity index (χ1n) is 6.94. The van der Waals surface area contributed by atoms with E-state index in [4.69, 9.17) is 0 Å². The van der Waals surface area contributed by atoms with Crippen LogP contribution in [0.1, 0.15) is 52.9 Å². The molecule has 0 unspecified atom stereocenters. The van der Waals surface area contributed by atoms with E-state index in [2.05, 4.69) is 41.1 Å². The van der Waals surface area contributed by atoms with Gasteiger partial charge in [0.1, 0.15) is 0 Å². The summed E-state index contributed by atoms with van der Waals surface area (Å²) in [5.74, 6) is 0.718. The highest BCUT2D eigenvalue weighted by Crippen LogP contribution is 2.03. The lowest BCUT2D eigenvalue weighted by Gasteiger charge is -2.23. The van der Waals surface area contributed by atoms with Crippen molar-refractivity contribution in [3.63, 3.8) is 0 Å². The summed E-state index contributed by atoms with van der Waals surface area (Å²) in [5.41, 5.74) is 0.0162. The molecule has 0 aliphatic carbocycles. The summed E-state index contributed by atoms with van der Waals surface area (Å²) in [6.45, 7) is 7.21. The maximum Gasteiger partial charge on any atom is 0.305 e. The van der Waals surface area contributed by atoms with Crippen LogP contribution in [0.4, 0.5) is 0 Å². The zero-order chi connectivity index (χ0) is 14.7. The second-order valence-electron chi connectivity index (χ2n) is 5.61. The molecule has 0 aromatic rings. The first-order valence-corrected chi connectivity index (χ1v) is 6.94. The maximum atomic E-state index is 10.9. The highest BCUT2D eigenvalue weighted by Gasteiger charge is 2.10. The quantitative estimate of drug-likeness (QED) is 0.322. The molecule has 0 heterocycles. The normalized spacial score (nSPS) is 12.2. The second-order valence-corrected chi connectivity index (χ2v) is 5.61. The van der Waals surface area contributed by atoms with Crippen LogP contribution in [0.3, 0.4) is 0 Å². The van der Waals surface area contributed by atoms with Crippen LogP contribution in [0.15, 0.2) is 4.99 Å². The lowest BCUT2D eigenvalue weighted by atomic mass is 10.1. The van der Waals surface area contributed by atoms with Gasteiger partial charge in [-0.05, 0) is 33.6 Å². The molecule has 0 bridgehead atoms. The molecule has 0 aliphatic rings. The molecule has 112 valence electrons. The van der Waals surface area contributed by atoms with Gasteiger partial charge < -0.3 is 15.4 Å². The number of rotatable bonds is 7. The second kappa shape index (κ2) is 9.64. The number of ether oxygens (including phenoxy) is 1. The van der Waals surface area contributed by atoms with Crippen molar-refractivity contribution >= 4 is 11.9 Å². The highest BCUT2D eigenvalue weighted by molar-refractivity contribution is 5.80. The summed E-state index contributed by atoms with van der Waals surface area (Å²) >= 11 is 0. The Morgan fingerprint density at radius 3 is 2.32 bits per heavy atom. The number of methoxy groups -OCH3 is 1. The van der Waals surface area contributed by atoms with E-state index in [9.17, 15) is 4.79 Å². The van der Waals surface area contributed by atoms with Gasteiger partial charge in [-0.1, -0.05) is 12.8 Å². The summed E-state index contributed by atoms with van der Waals surface area (Å²) in [4.78, 5) is 15.1. The van der Waals surface area contributed by atoms with E-state index in [0.717, 1.165) is 38.2 Å². The number of nitrogens with one attached hydrogen (secondary N) is 2. The van der Waals surface area contributed by atoms with Gasteiger partial charge in [-0.3, -0.25) is 9.79 Å². The molecule has 0 rings (SSSR count). The minimum atomic E-state index is -0.118. The van der Waals surface area contributed by atoms with Crippen LogP contribution in [-0.4, -0.2) is 38.2 Å². The molecular weight excluding hydrogens is 242 g/mol. The largest absolute Gasteiger partial charge is 0.469 e. The van der Waals surface area contributed by atoms with Gasteiger partial charge in [-0.2, -0.15) is 0 Å². The number of hydrogen-bond donors (Lipinski definition) is 2. The van der Waals surface area contributed by atoms with E-state index in [0.29, 0.717) is 6.42 Å². The van der Waals surface area contributed by atoms with E-state index in [1.165, 1.54) is 7.11 Å².